The van der Waals surface area contributed by atoms with Crippen LogP contribution in [0.4, 0.5) is 0 Å². The van der Waals surface area contributed by atoms with E-state index in [1.54, 1.807) is 12.1 Å². The lowest BCUT2D eigenvalue weighted by Crippen LogP contribution is -2.35. The van der Waals surface area contributed by atoms with Gasteiger partial charge in [-0.05, 0) is 17.7 Å². The predicted molar refractivity (Wildman–Crippen MR) is 64.8 cm³/mol. The van der Waals surface area contributed by atoms with Crippen molar-refractivity contribution in [1.82, 2.24) is 5.32 Å². The molecule has 1 rings (SSSR count). The van der Waals surface area contributed by atoms with Gasteiger partial charge in [0, 0.05) is 17.1 Å². The molecule has 5 N–H and O–H groups in total. The van der Waals surface area contributed by atoms with E-state index in [-0.39, 0.29) is 19.3 Å². The van der Waals surface area contributed by atoms with E-state index in [2.05, 4.69) is 5.32 Å². The molecule has 0 saturated carbocycles. The Balaban J connectivity index is 2.69. The second-order valence-electron chi connectivity index (χ2n) is 3.61. The summed E-state index contributed by atoms with van der Waals surface area (Å²) in [6, 6.07) is 4.37. The first kappa shape index (κ1) is 13.9. The van der Waals surface area contributed by atoms with Gasteiger partial charge in [-0.1, -0.05) is 17.7 Å². The van der Waals surface area contributed by atoms with Gasteiger partial charge in [-0.15, -0.1) is 0 Å². The molecule has 17 heavy (non-hydrogen) atoms. The third-order valence-corrected chi connectivity index (χ3v) is 2.71. The molecule has 1 aromatic carbocycles. The normalized spacial score (nSPS) is 10.8. The van der Waals surface area contributed by atoms with Crippen molar-refractivity contribution < 1.29 is 15.0 Å². The fraction of sp³-hybridized carbons (Fsp3) is 0.364. The highest BCUT2D eigenvalue weighted by Crippen LogP contribution is 2.17. The number of nitrogens with one attached hydrogen (secondary N) is 1. The van der Waals surface area contributed by atoms with E-state index in [1.807, 2.05) is 0 Å². The average molecular weight is 259 g/mol. The van der Waals surface area contributed by atoms with Gasteiger partial charge in [0.15, 0.2) is 0 Å². The summed E-state index contributed by atoms with van der Waals surface area (Å²) >= 11 is 5.97. The molecule has 1 aromatic rings. The van der Waals surface area contributed by atoms with Crippen LogP contribution in [0.1, 0.15) is 15.9 Å². The molecule has 0 bridgehead atoms. The first-order valence-electron chi connectivity index (χ1n) is 5.11. The maximum atomic E-state index is 10.9. The monoisotopic (exact) mass is 258 g/mol. The summed E-state index contributed by atoms with van der Waals surface area (Å²) in [7, 11) is 0. The molecular weight excluding hydrogens is 244 g/mol. The minimum absolute atomic E-state index is 0.159. The van der Waals surface area contributed by atoms with Crippen LogP contribution in [0, 0.1) is 0 Å². The number of rotatable bonds is 6. The molecule has 0 aliphatic heterocycles. The lowest BCUT2D eigenvalue weighted by molar-refractivity contribution is 0.100. The van der Waals surface area contributed by atoms with Crippen molar-refractivity contribution in [2.45, 2.75) is 12.6 Å². The summed E-state index contributed by atoms with van der Waals surface area (Å²) < 4.78 is 0. The van der Waals surface area contributed by atoms with Gasteiger partial charge >= 0.3 is 0 Å². The Morgan fingerprint density at radius 3 is 2.53 bits per heavy atom. The highest BCUT2D eigenvalue weighted by Gasteiger charge is 2.08. The zero-order valence-corrected chi connectivity index (χ0v) is 9.94. The van der Waals surface area contributed by atoms with Crippen molar-refractivity contribution in [3.05, 3.63) is 34.3 Å². The van der Waals surface area contributed by atoms with Crippen LogP contribution in [-0.2, 0) is 6.54 Å². The Bertz CT molecular complexity index is 394. The number of aliphatic hydroxyl groups excluding tert-OH is 2. The van der Waals surface area contributed by atoms with Crippen LogP contribution in [0.25, 0.3) is 0 Å². The third-order valence-electron chi connectivity index (χ3n) is 2.36. The lowest BCUT2D eigenvalue weighted by Gasteiger charge is -2.14. The van der Waals surface area contributed by atoms with Crippen LogP contribution < -0.4 is 11.1 Å². The van der Waals surface area contributed by atoms with Gasteiger partial charge in [0.25, 0.3) is 0 Å². The van der Waals surface area contributed by atoms with Gasteiger partial charge in [-0.3, -0.25) is 4.79 Å². The average Bonchev–Trinajstić information content (AvgIpc) is 2.31. The molecule has 0 unspecified atom stereocenters. The molecule has 5 nitrogen and oxygen atoms in total. The van der Waals surface area contributed by atoms with Crippen LogP contribution in [0.2, 0.25) is 5.02 Å². The summed E-state index contributed by atoms with van der Waals surface area (Å²) in [5, 5.41) is 21.1. The van der Waals surface area contributed by atoms with Crippen molar-refractivity contribution in [1.29, 1.82) is 0 Å². The quantitative estimate of drug-likeness (QED) is 0.572. The van der Waals surface area contributed by atoms with Gasteiger partial charge in [0.05, 0.1) is 19.3 Å². The van der Waals surface area contributed by atoms with Crippen molar-refractivity contribution in [3.63, 3.8) is 0 Å². The van der Waals surface area contributed by atoms with Gasteiger partial charge in [0.1, 0.15) is 0 Å². The number of amides is 1. The molecule has 94 valence electrons. The summed E-state index contributed by atoms with van der Waals surface area (Å²) in [6.07, 6.45) is 0. The molecule has 0 aliphatic carbocycles. The molecule has 0 spiro atoms. The Morgan fingerprint density at radius 2 is 2.06 bits per heavy atom. The molecular formula is C11H15ClN2O3. The van der Waals surface area contributed by atoms with E-state index in [1.165, 1.54) is 6.07 Å². The molecule has 0 radical (unpaired) electrons. The molecule has 0 aromatic heterocycles. The zero-order chi connectivity index (χ0) is 12.8. The van der Waals surface area contributed by atoms with E-state index in [4.69, 9.17) is 27.5 Å². The Morgan fingerprint density at radius 1 is 1.41 bits per heavy atom. The number of carbonyl (C=O) groups excluding carboxylic acids is 1. The molecule has 6 heteroatoms. The van der Waals surface area contributed by atoms with Gasteiger partial charge in [0.2, 0.25) is 5.91 Å². The van der Waals surface area contributed by atoms with E-state index < -0.39 is 5.91 Å². The minimum Gasteiger partial charge on any atom is -0.395 e. The highest BCUT2D eigenvalue weighted by atomic mass is 35.5. The van der Waals surface area contributed by atoms with Crippen LogP contribution >= 0.6 is 11.6 Å². The Kier molecular flexibility index (Phi) is 5.37. The van der Waals surface area contributed by atoms with Gasteiger partial charge in [-0.2, -0.15) is 0 Å². The number of primary amides is 1. The molecule has 0 fully saturated rings. The minimum atomic E-state index is -0.532. The third kappa shape index (κ3) is 3.98. The molecule has 1 amide bonds. The largest absolute Gasteiger partial charge is 0.395 e. The summed E-state index contributed by atoms with van der Waals surface area (Å²) in [5.41, 5.74) is 6.23. The SMILES string of the molecule is NC(=O)c1ccc(CNC(CO)CO)c(Cl)c1. The van der Waals surface area contributed by atoms with E-state index in [9.17, 15) is 4.79 Å². The smallest absolute Gasteiger partial charge is 0.248 e. The van der Waals surface area contributed by atoms with Crippen molar-refractivity contribution in [2.75, 3.05) is 13.2 Å². The topological polar surface area (TPSA) is 95.6 Å². The van der Waals surface area contributed by atoms with Crippen LogP contribution in [0.15, 0.2) is 18.2 Å². The summed E-state index contributed by atoms with van der Waals surface area (Å²) in [4.78, 5) is 10.9. The summed E-state index contributed by atoms with van der Waals surface area (Å²) in [5.74, 6) is -0.532. The molecule has 0 aliphatic rings. The van der Waals surface area contributed by atoms with E-state index in [0.29, 0.717) is 17.1 Å². The number of hydrogen-bond acceptors (Lipinski definition) is 4. The van der Waals surface area contributed by atoms with Gasteiger partial charge < -0.3 is 21.3 Å². The van der Waals surface area contributed by atoms with Gasteiger partial charge in [-0.25, -0.2) is 0 Å². The van der Waals surface area contributed by atoms with Crippen molar-refractivity contribution >= 4 is 17.5 Å². The van der Waals surface area contributed by atoms with E-state index >= 15 is 0 Å². The first-order valence-corrected chi connectivity index (χ1v) is 5.49. The number of nitrogens with two attached hydrogens (primary N) is 1. The standard InChI is InChI=1S/C11H15ClN2O3/c12-10-3-7(11(13)17)1-2-8(10)4-14-9(5-15)6-16/h1-3,9,14-16H,4-6H2,(H2,13,17). The van der Waals surface area contributed by atoms with Crippen molar-refractivity contribution in [3.8, 4) is 0 Å². The number of aliphatic hydroxyl groups is 2. The number of halogens is 1. The first-order chi connectivity index (χ1) is 8.08. The number of benzene rings is 1. The summed E-state index contributed by atoms with van der Waals surface area (Å²) in [6.45, 7) is 0.0740. The second-order valence-corrected chi connectivity index (χ2v) is 4.02. The van der Waals surface area contributed by atoms with Crippen molar-refractivity contribution in [2.24, 2.45) is 5.73 Å². The predicted octanol–water partition coefficient (Wildman–Crippen LogP) is -0.118. The maximum absolute atomic E-state index is 10.9. The van der Waals surface area contributed by atoms with Crippen LogP contribution in [0.5, 0.6) is 0 Å². The van der Waals surface area contributed by atoms with Crippen LogP contribution in [0.3, 0.4) is 0 Å². The molecule has 0 atom stereocenters. The second kappa shape index (κ2) is 6.56. The molecule has 0 saturated heterocycles. The fourth-order valence-electron chi connectivity index (χ4n) is 1.29. The lowest BCUT2D eigenvalue weighted by atomic mass is 10.1. The Hall–Kier alpha value is -1.14. The number of carbonyl (C=O) groups is 1. The number of hydrogen-bond donors (Lipinski definition) is 4. The maximum Gasteiger partial charge on any atom is 0.248 e. The van der Waals surface area contributed by atoms with E-state index in [0.717, 1.165) is 5.56 Å². The molecule has 0 heterocycles. The highest BCUT2D eigenvalue weighted by molar-refractivity contribution is 6.31. The zero-order valence-electron chi connectivity index (χ0n) is 9.19. The fourth-order valence-corrected chi connectivity index (χ4v) is 1.53. The Labute approximate surface area is 104 Å². The van der Waals surface area contributed by atoms with Crippen LogP contribution in [-0.4, -0.2) is 35.4 Å².